The molecule has 1 N–H and O–H groups in total. The van der Waals surface area contributed by atoms with Crippen LogP contribution in [0.15, 0.2) is 46.9 Å². The van der Waals surface area contributed by atoms with Crippen molar-refractivity contribution in [1.82, 2.24) is 5.32 Å². The first kappa shape index (κ1) is 14.6. The van der Waals surface area contributed by atoms with Crippen LogP contribution in [0.1, 0.15) is 16.7 Å². The normalized spacial score (nSPS) is 14.7. The van der Waals surface area contributed by atoms with Crippen LogP contribution in [0.2, 0.25) is 0 Å². The largest absolute Gasteiger partial charge is 0.371 e. The van der Waals surface area contributed by atoms with E-state index < -0.39 is 0 Å². The third-order valence-corrected chi connectivity index (χ3v) is 4.67. The molecule has 0 amide bonds. The molecule has 2 aromatic carbocycles. The molecule has 110 valence electrons. The third kappa shape index (κ3) is 3.30. The first-order chi connectivity index (χ1) is 10.3. The van der Waals surface area contributed by atoms with E-state index in [0.29, 0.717) is 0 Å². The average Bonchev–Trinajstić information content (AvgIpc) is 2.72. The number of hydrogen-bond donors (Lipinski definition) is 1. The van der Waals surface area contributed by atoms with Gasteiger partial charge in [-0.2, -0.15) is 0 Å². The van der Waals surface area contributed by atoms with Crippen LogP contribution in [0.3, 0.4) is 0 Å². The molecule has 0 spiro atoms. The van der Waals surface area contributed by atoms with Gasteiger partial charge in [0.25, 0.3) is 0 Å². The number of benzene rings is 2. The Kier molecular flexibility index (Phi) is 4.61. The summed E-state index contributed by atoms with van der Waals surface area (Å²) < 4.78 is 1.15. The maximum atomic E-state index is 3.61. The standard InChI is InChI=1S/C18H21BrN2/c1-20-13-16-6-7-17(19)12-18(16)21-10-8-14-4-2-3-5-15(14)9-11-21/h2-7,12,20H,8-11,13H2,1H3. The Balaban J connectivity index is 1.87. The van der Waals surface area contributed by atoms with Crippen molar-refractivity contribution >= 4 is 21.6 Å². The lowest BCUT2D eigenvalue weighted by Crippen LogP contribution is -2.27. The monoisotopic (exact) mass is 344 g/mol. The molecule has 0 atom stereocenters. The highest BCUT2D eigenvalue weighted by atomic mass is 79.9. The topological polar surface area (TPSA) is 15.3 Å². The van der Waals surface area contributed by atoms with Crippen molar-refractivity contribution in [2.45, 2.75) is 19.4 Å². The van der Waals surface area contributed by atoms with Crippen molar-refractivity contribution in [3.05, 3.63) is 63.6 Å². The fraction of sp³-hybridized carbons (Fsp3) is 0.333. The molecule has 21 heavy (non-hydrogen) atoms. The van der Waals surface area contributed by atoms with Gasteiger partial charge >= 0.3 is 0 Å². The van der Waals surface area contributed by atoms with Crippen LogP contribution in [0.4, 0.5) is 5.69 Å². The van der Waals surface area contributed by atoms with E-state index in [4.69, 9.17) is 0 Å². The van der Waals surface area contributed by atoms with E-state index in [1.54, 1.807) is 0 Å². The molecule has 0 aromatic heterocycles. The predicted molar refractivity (Wildman–Crippen MR) is 93.0 cm³/mol. The first-order valence-electron chi connectivity index (χ1n) is 7.52. The second-order valence-electron chi connectivity index (χ2n) is 5.56. The van der Waals surface area contributed by atoms with Crippen molar-refractivity contribution < 1.29 is 0 Å². The number of halogens is 1. The summed E-state index contributed by atoms with van der Waals surface area (Å²) in [5, 5.41) is 3.27. The smallest absolute Gasteiger partial charge is 0.0423 e. The molecular weight excluding hydrogens is 324 g/mol. The van der Waals surface area contributed by atoms with Crippen molar-refractivity contribution in [1.29, 1.82) is 0 Å². The van der Waals surface area contributed by atoms with Gasteiger partial charge in [0.1, 0.15) is 0 Å². The van der Waals surface area contributed by atoms with Crippen LogP contribution in [-0.2, 0) is 19.4 Å². The first-order valence-corrected chi connectivity index (χ1v) is 8.32. The van der Waals surface area contributed by atoms with Crippen molar-refractivity contribution in [3.8, 4) is 0 Å². The number of anilines is 1. The molecule has 3 rings (SSSR count). The molecule has 0 saturated carbocycles. The van der Waals surface area contributed by atoms with Crippen LogP contribution in [0, 0.1) is 0 Å². The van der Waals surface area contributed by atoms with Crippen molar-refractivity contribution in [2.24, 2.45) is 0 Å². The van der Waals surface area contributed by atoms with Crippen LogP contribution in [0.25, 0.3) is 0 Å². The van der Waals surface area contributed by atoms with Gasteiger partial charge in [-0.05, 0) is 48.7 Å². The van der Waals surface area contributed by atoms with Gasteiger partial charge in [-0.15, -0.1) is 0 Å². The SMILES string of the molecule is CNCc1ccc(Br)cc1N1CCc2ccccc2CC1. The highest BCUT2D eigenvalue weighted by Gasteiger charge is 2.16. The second-order valence-corrected chi connectivity index (χ2v) is 6.47. The summed E-state index contributed by atoms with van der Waals surface area (Å²) in [7, 11) is 2.00. The van der Waals surface area contributed by atoms with E-state index >= 15 is 0 Å². The minimum atomic E-state index is 0.909. The zero-order valence-corrected chi connectivity index (χ0v) is 14.0. The Bertz CT molecular complexity index is 597. The minimum Gasteiger partial charge on any atom is -0.371 e. The van der Waals surface area contributed by atoms with E-state index in [-0.39, 0.29) is 0 Å². The van der Waals surface area contributed by atoms with Crippen LogP contribution >= 0.6 is 15.9 Å². The summed E-state index contributed by atoms with van der Waals surface area (Å²) in [4.78, 5) is 2.53. The molecule has 0 aliphatic carbocycles. The quantitative estimate of drug-likeness (QED) is 0.911. The number of rotatable bonds is 3. The minimum absolute atomic E-state index is 0.909. The average molecular weight is 345 g/mol. The van der Waals surface area contributed by atoms with Crippen LogP contribution < -0.4 is 10.2 Å². The zero-order valence-electron chi connectivity index (χ0n) is 12.4. The number of fused-ring (bicyclic) bond motifs is 1. The maximum absolute atomic E-state index is 3.61. The number of hydrogen-bond acceptors (Lipinski definition) is 2. The molecule has 3 heteroatoms. The lowest BCUT2D eigenvalue weighted by atomic mass is 10.0. The Labute approximate surface area is 135 Å². The van der Waals surface area contributed by atoms with Crippen molar-refractivity contribution in [3.63, 3.8) is 0 Å². The van der Waals surface area contributed by atoms with Crippen LogP contribution in [0.5, 0.6) is 0 Å². The highest BCUT2D eigenvalue weighted by molar-refractivity contribution is 9.10. The third-order valence-electron chi connectivity index (χ3n) is 4.18. The van der Waals surface area contributed by atoms with Gasteiger partial charge in [-0.1, -0.05) is 46.3 Å². The van der Waals surface area contributed by atoms with E-state index in [9.17, 15) is 0 Å². The summed E-state index contributed by atoms with van der Waals surface area (Å²) in [6, 6.07) is 15.4. The predicted octanol–water partition coefficient (Wildman–Crippen LogP) is 3.77. The molecule has 1 aliphatic rings. The van der Waals surface area contributed by atoms with Crippen LogP contribution in [-0.4, -0.2) is 20.1 Å². The Morgan fingerprint density at radius 3 is 2.33 bits per heavy atom. The van der Waals surface area contributed by atoms with Gasteiger partial charge in [0, 0.05) is 29.8 Å². The second kappa shape index (κ2) is 6.63. The van der Waals surface area contributed by atoms with Gasteiger partial charge in [0.05, 0.1) is 0 Å². The lowest BCUT2D eigenvalue weighted by Gasteiger charge is -2.26. The van der Waals surface area contributed by atoms with E-state index in [0.717, 1.165) is 36.9 Å². The van der Waals surface area contributed by atoms with E-state index in [2.05, 4.69) is 68.6 Å². The highest BCUT2D eigenvalue weighted by Crippen LogP contribution is 2.27. The molecule has 0 fully saturated rings. The van der Waals surface area contributed by atoms with E-state index in [1.165, 1.54) is 22.4 Å². The molecule has 2 aromatic rings. The molecule has 0 radical (unpaired) electrons. The van der Waals surface area contributed by atoms with Gasteiger partial charge in [-0.25, -0.2) is 0 Å². The molecule has 0 saturated heterocycles. The van der Waals surface area contributed by atoms with Gasteiger partial charge in [0.2, 0.25) is 0 Å². The number of nitrogens with zero attached hydrogens (tertiary/aromatic N) is 1. The van der Waals surface area contributed by atoms with Crippen molar-refractivity contribution in [2.75, 3.05) is 25.0 Å². The van der Waals surface area contributed by atoms with Gasteiger partial charge in [-0.3, -0.25) is 0 Å². The Morgan fingerprint density at radius 2 is 1.71 bits per heavy atom. The van der Waals surface area contributed by atoms with Gasteiger partial charge < -0.3 is 10.2 Å². The summed E-state index contributed by atoms with van der Waals surface area (Å²) in [6.07, 6.45) is 2.25. The molecule has 1 aliphatic heterocycles. The fourth-order valence-corrected chi connectivity index (χ4v) is 3.43. The molecular formula is C18H21BrN2. The van der Waals surface area contributed by atoms with E-state index in [1.807, 2.05) is 7.05 Å². The maximum Gasteiger partial charge on any atom is 0.0423 e. The zero-order chi connectivity index (χ0) is 14.7. The molecule has 0 bridgehead atoms. The molecule has 2 nitrogen and oxygen atoms in total. The summed E-state index contributed by atoms with van der Waals surface area (Å²) in [5.74, 6) is 0. The fourth-order valence-electron chi connectivity index (χ4n) is 3.08. The Hall–Kier alpha value is -1.32. The summed E-state index contributed by atoms with van der Waals surface area (Å²) in [6.45, 7) is 3.08. The molecule has 1 heterocycles. The summed E-state index contributed by atoms with van der Waals surface area (Å²) in [5.41, 5.74) is 5.73. The molecule has 0 unspecified atom stereocenters. The summed E-state index contributed by atoms with van der Waals surface area (Å²) >= 11 is 3.61. The number of nitrogens with one attached hydrogen (secondary N) is 1. The lowest BCUT2D eigenvalue weighted by molar-refractivity contribution is 0.773. The Morgan fingerprint density at radius 1 is 1.05 bits per heavy atom. The van der Waals surface area contributed by atoms with Gasteiger partial charge in [0.15, 0.2) is 0 Å².